The summed E-state index contributed by atoms with van der Waals surface area (Å²) in [5.74, 6) is -0.171. The molecule has 2 aliphatic rings. The van der Waals surface area contributed by atoms with E-state index in [4.69, 9.17) is 10.5 Å². The summed E-state index contributed by atoms with van der Waals surface area (Å²) in [6.07, 6.45) is 4.93. The number of guanidine groups is 1. The van der Waals surface area contributed by atoms with Gasteiger partial charge < -0.3 is 20.5 Å². The van der Waals surface area contributed by atoms with Crippen LogP contribution in [0.25, 0.3) is 0 Å². The van der Waals surface area contributed by atoms with Crippen molar-refractivity contribution in [2.24, 2.45) is 16.6 Å². The number of likely N-dealkylation sites (tertiary alicyclic amines) is 1. The molecule has 170 valence electrons. The number of nitrogens with two attached hydrogens (primary N) is 1. The lowest BCUT2D eigenvalue weighted by Crippen LogP contribution is -2.45. The summed E-state index contributed by atoms with van der Waals surface area (Å²) in [5, 5.41) is 11.6. The number of nitrogens with zero attached hydrogens (tertiary/aromatic N) is 2. The number of aliphatic imine (C=N–C) groups is 1. The van der Waals surface area contributed by atoms with Crippen LogP contribution >= 0.6 is 0 Å². The fourth-order valence-electron chi connectivity index (χ4n) is 4.87. The molecule has 32 heavy (non-hydrogen) atoms. The minimum Gasteiger partial charge on any atom is -0.458 e. The summed E-state index contributed by atoms with van der Waals surface area (Å²) in [4.78, 5) is 19.7. The van der Waals surface area contributed by atoms with Crippen molar-refractivity contribution < 1.29 is 14.6 Å². The maximum atomic E-state index is 13.3. The molecule has 1 aliphatic carbocycles. The van der Waals surface area contributed by atoms with E-state index in [1.165, 1.54) is 5.56 Å². The number of hydrogen-bond acceptors (Lipinski definition) is 4. The molecule has 1 aliphatic heterocycles. The number of hydrogen-bond donors (Lipinski definition) is 2. The second-order valence-corrected chi connectivity index (χ2v) is 8.85. The van der Waals surface area contributed by atoms with Gasteiger partial charge in [0.1, 0.15) is 6.10 Å². The minimum absolute atomic E-state index is 0.112. The minimum atomic E-state index is -1.60. The second kappa shape index (κ2) is 10.2. The summed E-state index contributed by atoms with van der Waals surface area (Å²) in [6, 6.07) is 19.4. The van der Waals surface area contributed by atoms with Crippen LogP contribution in [0.2, 0.25) is 0 Å². The van der Waals surface area contributed by atoms with Gasteiger partial charge in [0.25, 0.3) is 0 Å². The van der Waals surface area contributed by atoms with Crippen LogP contribution in [-0.4, -0.2) is 47.7 Å². The fourth-order valence-corrected chi connectivity index (χ4v) is 4.87. The van der Waals surface area contributed by atoms with Crippen molar-refractivity contribution in [3.63, 3.8) is 0 Å². The molecule has 3 N–H and O–H groups in total. The van der Waals surface area contributed by atoms with Gasteiger partial charge in [0.2, 0.25) is 0 Å². The van der Waals surface area contributed by atoms with E-state index in [9.17, 15) is 9.90 Å². The van der Waals surface area contributed by atoms with Crippen LogP contribution in [0.15, 0.2) is 65.7 Å². The predicted molar refractivity (Wildman–Crippen MR) is 125 cm³/mol. The van der Waals surface area contributed by atoms with E-state index in [2.05, 4.69) is 17.1 Å². The first-order chi connectivity index (χ1) is 15.6. The average molecular weight is 436 g/mol. The number of carbonyl (C=O) groups excluding carboxylic acids is 1. The summed E-state index contributed by atoms with van der Waals surface area (Å²) in [5.41, 5.74) is 6.45. The Kier molecular flexibility index (Phi) is 7.10. The summed E-state index contributed by atoms with van der Waals surface area (Å²) < 4.78 is 5.86. The van der Waals surface area contributed by atoms with Gasteiger partial charge in [0, 0.05) is 25.4 Å². The molecule has 2 atom stereocenters. The lowest BCUT2D eigenvalue weighted by molar-refractivity contribution is -0.178. The summed E-state index contributed by atoms with van der Waals surface area (Å²) in [6.45, 7) is 1.81. The predicted octanol–water partition coefficient (Wildman–Crippen LogP) is 3.24. The van der Waals surface area contributed by atoms with Gasteiger partial charge in [-0.2, -0.15) is 0 Å². The van der Waals surface area contributed by atoms with Crippen molar-refractivity contribution in [3.8, 4) is 0 Å². The molecular formula is C26H33N3O3. The van der Waals surface area contributed by atoms with Crippen LogP contribution in [0, 0.1) is 5.92 Å². The Bertz CT molecular complexity index is 912. The van der Waals surface area contributed by atoms with Crippen molar-refractivity contribution in [1.82, 2.24) is 4.90 Å². The van der Waals surface area contributed by atoms with Crippen LogP contribution in [0.1, 0.15) is 43.2 Å². The third-order valence-electron chi connectivity index (χ3n) is 6.73. The number of carbonyl (C=O) groups is 1. The Hall–Kier alpha value is -2.86. The lowest BCUT2D eigenvalue weighted by atomic mass is 9.80. The van der Waals surface area contributed by atoms with Crippen molar-refractivity contribution >= 4 is 11.9 Å². The Balaban J connectivity index is 1.36. The van der Waals surface area contributed by atoms with Crippen LogP contribution < -0.4 is 5.73 Å². The molecular weight excluding hydrogens is 402 g/mol. The first-order valence-corrected chi connectivity index (χ1v) is 11.6. The van der Waals surface area contributed by atoms with Crippen molar-refractivity contribution in [2.75, 3.05) is 19.6 Å². The fraction of sp³-hybridized carbons (Fsp3) is 0.462. The van der Waals surface area contributed by atoms with Crippen LogP contribution in [0.5, 0.6) is 0 Å². The maximum absolute atomic E-state index is 13.3. The van der Waals surface area contributed by atoms with Crippen LogP contribution in [0.3, 0.4) is 0 Å². The van der Waals surface area contributed by atoms with Gasteiger partial charge in [-0.25, -0.2) is 4.79 Å². The SMILES string of the molecule is NC(=NCCc1ccccc1)N1CCC(OC(=O)[C@](O)(c2ccccc2)C2CCCC2)C1. The van der Waals surface area contributed by atoms with Gasteiger partial charge in [-0.3, -0.25) is 4.99 Å². The first-order valence-electron chi connectivity index (χ1n) is 11.6. The third-order valence-corrected chi connectivity index (χ3v) is 6.73. The lowest BCUT2D eigenvalue weighted by Gasteiger charge is -2.33. The molecule has 6 nitrogen and oxygen atoms in total. The molecule has 0 bridgehead atoms. The highest BCUT2D eigenvalue weighted by Gasteiger charge is 2.48. The third kappa shape index (κ3) is 4.96. The van der Waals surface area contributed by atoms with E-state index in [1.54, 1.807) is 0 Å². The molecule has 0 radical (unpaired) electrons. The Labute approximate surface area is 190 Å². The quantitative estimate of drug-likeness (QED) is 0.396. The van der Waals surface area contributed by atoms with Gasteiger partial charge in [0.05, 0.1) is 6.54 Å². The van der Waals surface area contributed by atoms with Gasteiger partial charge in [-0.15, -0.1) is 0 Å². The zero-order valence-corrected chi connectivity index (χ0v) is 18.5. The molecule has 1 saturated heterocycles. The van der Waals surface area contributed by atoms with E-state index in [-0.39, 0.29) is 12.0 Å². The van der Waals surface area contributed by atoms with Crippen molar-refractivity contribution in [3.05, 3.63) is 71.8 Å². The van der Waals surface area contributed by atoms with Gasteiger partial charge >= 0.3 is 5.97 Å². The standard InChI is InChI=1S/C26H33N3O3/c27-25(28-17-15-20-9-3-1-4-10-20)29-18-16-23(19-29)32-24(30)26(31,22-13-7-8-14-22)21-11-5-2-6-12-21/h1-6,9-12,22-23,31H,7-8,13-19H2,(H2,27,28)/t23?,26-/m0/s1. The van der Waals surface area contributed by atoms with E-state index in [1.807, 2.05) is 53.4 Å². The average Bonchev–Trinajstić information content (AvgIpc) is 3.53. The van der Waals surface area contributed by atoms with Gasteiger partial charge in [0.15, 0.2) is 11.6 Å². The van der Waals surface area contributed by atoms with Crippen LogP contribution in [0.4, 0.5) is 0 Å². The second-order valence-electron chi connectivity index (χ2n) is 8.85. The molecule has 6 heteroatoms. The highest BCUT2D eigenvalue weighted by atomic mass is 16.6. The number of rotatable bonds is 7. The molecule has 4 rings (SSSR count). The van der Waals surface area contributed by atoms with E-state index in [0.717, 1.165) is 32.1 Å². The smallest absolute Gasteiger partial charge is 0.343 e. The Morgan fingerprint density at radius 3 is 2.41 bits per heavy atom. The molecule has 1 saturated carbocycles. The first kappa shape index (κ1) is 22.3. The Morgan fingerprint density at radius 2 is 1.72 bits per heavy atom. The number of benzene rings is 2. The van der Waals surface area contributed by atoms with Crippen LogP contribution in [-0.2, 0) is 21.6 Å². The van der Waals surface area contributed by atoms with Crippen molar-refractivity contribution in [1.29, 1.82) is 0 Å². The van der Waals surface area contributed by atoms with Gasteiger partial charge in [-0.1, -0.05) is 73.5 Å². The van der Waals surface area contributed by atoms with Crippen molar-refractivity contribution in [2.45, 2.75) is 50.2 Å². The zero-order valence-electron chi connectivity index (χ0n) is 18.5. The highest BCUT2D eigenvalue weighted by Crippen LogP contribution is 2.41. The molecule has 0 amide bonds. The molecule has 2 aromatic carbocycles. The van der Waals surface area contributed by atoms with E-state index >= 15 is 0 Å². The normalized spacial score (nSPS) is 21.5. The number of aliphatic hydroxyl groups is 1. The van der Waals surface area contributed by atoms with Gasteiger partial charge in [-0.05, 0) is 30.4 Å². The summed E-state index contributed by atoms with van der Waals surface area (Å²) >= 11 is 0. The van der Waals surface area contributed by atoms with E-state index < -0.39 is 11.6 Å². The maximum Gasteiger partial charge on any atom is 0.343 e. The molecule has 1 heterocycles. The van der Waals surface area contributed by atoms with E-state index in [0.29, 0.717) is 37.6 Å². The number of esters is 1. The number of ether oxygens (including phenoxy) is 1. The largest absolute Gasteiger partial charge is 0.458 e. The zero-order chi connectivity index (χ0) is 22.4. The molecule has 0 aromatic heterocycles. The molecule has 1 unspecified atom stereocenters. The Morgan fingerprint density at radius 1 is 1.06 bits per heavy atom. The topological polar surface area (TPSA) is 88.1 Å². The molecule has 2 fully saturated rings. The molecule has 2 aromatic rings. The highest BCUT2D eigenvalue weighted by molar-refractivity contribution is 5.82. The monoisotopic (exact) mass is 435 g/mol. The summed E-state index contributed by atoms with van der Waals surface area (Å²) in [7, 11) is 0. The molecule has 0 spiro atoms.